The molecular weight excluding hydrogens is 750 g/mol. The number of imidazole rings is 1. The van der Waals surface area contributed by atoms with Crippen LogP contribution >= 0.6 is 0 Å². The standard InChI is InChI=1S/C39H44N5O.Pt/c1-25(2)35-36(26(3)4)43-23-30(22-31(37(43)41-35)39(8,9)34-20-27(18-19-40-34)38(5,6)7)45-29-15-13-14-28(21-29)44-24-42(10)32-16-11-12-17-33(32)44;/h11-20,23-26H,1-10H3;/q-3;. The molecule has 0 bridgehead atoms. The molecule has 0 aliphatic carbocycles. The Kier molecular flexibility index (Phi) is 9.18. The minimum atomic E-state index is -0.500. The fourth-order valence-corrected chi connectivity index (χ4v) is 6.16. The largest absolute Gasteiger partial charge is 0.508 e. The monoisotopic (exact) mass is 793 g/mol. The predicted octanol–water partition coefficient (Wildman–Crippen LogP) is 9.70. The van der Waals surface area contributed by atoms with E-state index in [1.807, 2.05) is 24.5 Å². The van der Waals surface area contributed by atoms with Gasteiger partial charge in [0.1, 0.15) is 0 Å². The molecule has 1 aliphatic rings. The van der Waals surface area contributed by atoms with Crippen molar-refractivity contribution in [2.24, 2.45) is 0 Å². The number of ether oxygens (including phenoxy) is 1. The number of para-hydroxylation sites is 2. The van der Waals surface area contributed by atoms with Gasteiger partial charge >= 0.3 is 0 Å². The summed E-state index contributed by atoms with van der Waals surface area (Å²) < 4.78 is 8.84. The van der Waals surface area contributed by atoms with Gasteiger partial charge in [0, 0.05) is 78.3 Å². The van der Waals surface area contributed by atoms with E-state index in [-0.39, 0.29) is 38.3 Å². The second-order valence-corrected chi connectivity index (χ2v) is 14.3. The molecule has 6 nitrogen and oxygen atoms in total. The second kappa shape index (κ2) is 12.5. The van der Waals surface area contributed by atoms with Crippen LogP contribution in [0.25, 0.3) is 5.65 Å². The van der Waals surface area contributed by atoms with Crippen molar-refractivity contribution < 1.29 is 25.8 Å². The Bertz CT molecular complexity index is 1870. The summed E-state index contributed by atoms with van der Waals surface area (Å²) in [7, 11) is 2.06. The summed E-state index contributed by atoms with van der Waals surface area (Å²) >= 11 is 0. The zero-order valence-electron chi connectivity index (χ0n) is 28.5. The van der Waals surface area contributed by atoms with Crippen LogP contribution in [-0.4, -0.2) is 21.4 Å². The van der Waals surface area contributed by atoms with Crippen molar-refractivity contribution in [3.05, 3.63) is 114 Å². The minimum absolute atomic E-state index is 0. The number of hydrogen-bond donors (Lipinski definition) is 0. The van der Waals surface area contributed by atoms with E-state index in [4.69, 9.17) is 14.7 Å². The number of anilines is 3. The summed E-state index contributed by atoms with van der Waals surface area (Å²) in [6, 6.07) is 25.9. The van der Waals surface area contributed by atoms with Gasteiger partial charge in [-0.2, -0.15) is 12.7 Å². The van der Waals surface area contributed by atoms with E-state index in [0.29, 0.717) is 11.5 Å². The van der Waals surface area contributed by atoms with Gasteiger partial charge in [-0.05, 0) is 54.1 Å². The average molecular weight is 794 g/mol. The Labute approximate surface area is 289 Å². The fourth-order valence-electron chi connectivity index (χ4n) is 6.16. The molecule has 2 aromatic carbocycles. The molecule has 0 spiro atoms. The smallest absolute Gasteiger partial charge is 0.0487 e. The molecule has 6 rings (SSSR count). The van der Waals surface area contributed by atoms with E-state index in [0.717, 1.165) is 39.7 Å². The van der Waals surface area contributed by atoms with Crippen LogP contribution in [0.3, 0.4) is 0 Å². The van der Waals surface area contributed by atoms with Crippen LogP contribution in [0.4, 0.5) is 17.1 Å². The van der Waals surface area contributed by atoms with Crippen LogP contribution in [-0.2, 0) is 31.9 Å². The molecule has 46 heavy (non-hydrogen) atoms. The molecule has 0 atom stereocenters. The molecule has 1 aliphatic heterocycles. The van der Waals surface area contributed by atoms with Crippen LogP contribution in [0.1, 0.15) is 102 Å². The first kappa shape index (κ1) is 33.7. The van der Waals surface area contributed by atoms with Crippen molar-refractivity contribution in [3.8, 4) is 11.5 Å². The number of hydrogen-bond acceptors (Lipinski definition) is 5. The van der Waals surface area contributed by atoms with Crippen molar-refractivity contribution >= 4 is 22.7 Å². The Morgan fingerprint density at radius 3 is 2.24 bits per heavy atom. The van der Waals surface area contributed by atoms with E-state index in [2.05, 4.69) is 145 Å². The van der Waals surface area contributed by atoms with Crippen LogP contribution in [0.2, 0.25) is 0 Å². The first-order valence-corrected chi connectivity index (χ1v) is 15.9. The van der Waals surface area contributed by atoms with Crippen molar-refractivity contribution in [3.63, 3.8) is 0 Å². The Hall–Kier alpha value is -3.63. The Balaban J connectivity index is 0.00000417. The van der Waals surface area contributed by atoms with E-state index in [1.165, 1.54) is 11.3 Å². The quantitative estimate of drug-likeness (QED) is 0.154. The van der Waals surface area contributed by atoms with Crippen LogP contribution < -0.4 is 14.5 Å². The molecule has 244 valence electrons. The normalized spacial score (nSPS) is 13.5. The maximum atomic E-state index is 6.62. The molecule has 0 amide bonds. The van der Waals surface area contributed by atoms with E-state index < -0.39 is 5.41 Å². The Morgan fingerprint density at radius 2 is 1.57 bits per heavy atom. The number of pyridine rings is 2. The average Bonchev–Trinajstić information content (AvgIpc) is 3.55. The zero-order chi connectivity index (χ0) is 32.3. The molecule has 3 aromatic heterocycles. The first-order valence-electron chi connectivity index (χ1n) is 15.9. The number of aromatic nitrogens is 3. The van der Waals surface area contributed by atoms with E-state index in [1.54, 1.807) is 0 Å². The summed E-state index contributed by atoms with van der Waals surface area (Å²) in [6.07, 6.45) is 3.96. The van der Waals surface area contributed by atoms with E-state index in [9.17, 15) is 0 Å². The third-order valence-corrected chi connectivity index (χ3v) is 8.72. The Morgan fingerprint density at radius 1 is 0.848 bits per heavy atom. The van der Waals surface area contributed by atoms with Crippen LogP contribution in [0.5, 0.6) is 11.5 Å². The third kappa shape index (κ3) is 6.09. The molecule has 7 heteroatoms. The van der Waals surface area contributed by atoms with Crippen LogP contribution in [0.15, 0.2) is 67.0 Å². The van der Waals surface area contributed by atoms with Gasteiger partial charge in [0.15, 0.2) is 0 Å². The number of benzene rings is 2. The van der Waals surface area contributed by atoms with Crippen molar-refractivity contribution in [2.75, 3.05) is 16.8 Å². The summed E-state index contributed by atoms with van der Waals surface area (Å²) in [6.45, 7) is 22.1. The molecule has 4 heterocycles. The number of rotatable bonds is 7. The minimum Gasteiger partial charge on any atom is -0.508 e. The topological polar surface area (TPSA) is 45.9 Å². The van der Waals surface area contributed by atoms with Gasteiger partial charge < -0.3 is 18.9 Å². The molecule has 5 aromatic rings. The number of nitrogens with zero attached hydrogens (tertiary/aromatic N) is 5. The van der Waals surface area contributed by atoms with Crippen LogP contribution in [0, 0.1) is 18.8 Å². The van der Waals surface area contributed by atoms with Gasteiger partial charge in [0.05, 0.1) is 0 Å². The maximum absolute atomic E-state index is 6.62. The van der Waals surface area contributed by atoms with Gasteiger partial charge in [-0.25, -0.2) is 0 Å². The summed E-state index contributed by atoms with van der Waals surface area (Å²) in [5.74, 6) is 1.77. The summed E-state index contributed by atoms with van der Waals surface area (Å²) in [5, 5.41) is 0. The molecule has 0 fully saturated rings. The molecule has 0 N–H and O–H groups in total. The summed E-state index contributed by atoms with van der Waals surface area (Å²) in [4.78, 5) is 14.4. The SMILES string of the molecule is CC(C)c1nc2c(C(C)(C)c3cc(C(C)(C)C)ccn3)[c-]c(Oc3[c-]c(N4[CH-]N(C)c5ccccc54)ccc3)cn2c1C(C)C.[Pt]. The van der Waals surface area contributed by atoms with Gasteiger partial charge in [0.25, 0.3) is 0 Å². The fraction of sp³-hybridized carbons (Fsp3) is 0.359. The van der Waals surface area contributed by atoms with Crippen molar-refractivity contribution in [1.82, 2.24) is 14.4 Å². The predicted molar refractivity (Wildman–Crippen MR) is 184 cm³/mol. The first-order chi connectivity index (χ1) is 21.3. The van der Waals surface area contributed by atoms with Crippen molar-refractivity contribution in [1.29, 1.82) is 0 Å². The molecule has 0 saturated heterocycles. The van der Waals surface area contributed by atoms with Crippen molar-refractivity contribution in [2.45, 2.75) is 85.0 Å². The van der Waals surface area contributed by atoms with Gasteiger partial charge in [0.2, 0.25) is 0 Å². The third-order valence-electron chi connectivity index (χ3n) is 8.72. The van der Waals surface area contributed by atoms with Gasteiger partial charge in [-0.3, -0.25) is 9.97 Å². The van der Waals surface area contributed by atoms with E-state index >= 15 is 0 Å². The second-order valence-electron chi connectivity index (χ2n) is 14.3. The summed E-state index contributed by atoms with van der Waals surface area (Å²) in [5.41, 5.74) is 9.03. The molecule has 0 unspecified atom stereocenters. The maximum Gasteiger partial charge on any atom is 0.0487 e. The van der Waals surface area contributed by atoms with Gasteiger partial charge in [-0.15, -0.1) is 35.5 Å². The molecule has 0 saturated carbocycles. The zero-order valence-corrected chi connectivity index (χ0v) is 30.8. The van der Waals surface area contributed by atoms with Gasteiger partial charge in [-0.1, -0.05) is 80.6 Å². The number of fused-ring (bicyclic) bond motifs is 2. The molecular formula is C39H44N5OPt-3. The molecule has 0 radical (unpaired) electrons.